The molecule has 0 spiro atoms. The number of benzene rings is 2. The number of sulfonamides is 2. The van der Waals surface area contributed by atoms with Crippen LogP contribution in [0.25, 0.3) is 0 Å². The Morgan fingerprint density at radius 2 is 1.61 bits per heavy atom. The van der Waals surface area contributed by atoms with Crippen LogP contribution >= 0.6 is 0 Å². The second-order valence-electron chi connectivity index (χ2n) is 6.92. The molecule has 0 saturated heterocycles. The highest BCUT2D eigenvalue weighted by atomic mass is 32.2. The van der Waals surface area contributed by atoms with Gasteiger partial charge in [0.2, 0.25) is 20.0 Å². The summed E-state index contributed by atoms with van der Waals surface area (Å²) >= 11 is 0. The lowest BCUT2D eigenvalue weighted by Gasteiger charge is -2.13. The zero-order valence-corrected chi connectivity index (χ0v) is 19.4. The zero-order chi connectivity index (χ0) is 23.2. The molecule has 1 atom stereocenters. The van der Waals surface area contributed by atoms with Gasteiger partial charge in [-0.05, 0) is 69.3 Å². The van der Waals surface area contributed by atoms with Crippen LogP contribution in [0, 0.1) is 6.92 Å². The summed E-state index contributed by atoms with van der Waals surface area (Å²) in [6, 6.07) is 9.93. The molecule has 11 heteroatoms. The second kappa shape index (κ2) is 10.2. The van der Waals surface area contributed by atoms with Crippen molar-refractivity contribution in [2.24, 2.45) is 0 Å². The number of anilines is 1. The Balaban J connectivity index is 2.02. The molecule has 0 saturated carbocycles. The van der Waals surface area contributed by atoms with Gasteiger partial charge in [0.25, 0.3) is 5.91 Å². The maximum absolute atomic E-state index is 12.3. The molecule has 1 amide bonds. The smallest absolute Gasteiger partial charge is 0.262 e. The number of amides is 1. The van der Waals surface area contributed by atoms with Gasteiger partial charge in [0.15, 0.2) is 6.61 Å². The molecule has 9 nitrogen and oxygen atoms in total. The Bertz CT molecular complexity index is 1130. The third-order valence-corrected chi connectivity index (χ3v) is 7.55. The first-order valence-corrected chi connectivity index (χ1v) is 12.5. The lowest BCUT2D eigenvalue weighted by Crippen LogP contribution is -2.31. The highest BCUT2D eigenvalue weighted by Gasteiger charge is 2.17. The fourth-order valence-electron chi connectivity index (χ4n) is 2.49. The van der Waals surface area contributed by atoms with E-state index in [4.69, 9.17) is 4.74 Å². The van der Waals surface area contributed by atoms with Crippen molar-refractivity contribution in [3.8, 4) is 5.75 Å². The number of rotatable bonds is 10. The number of hydrogen-bond donors (Lipinski definition) is 3. The number of hydrogen-bond acceptors (Lipinski definition) is 6. The molecule has 0 aromatic heterocycles. The Kier molecular flexibility index (Phi) is 8.18. The van der Waals surface area contributed by atoms with E-state index in [1.165, 1.54) is 43.4 Å². The van der Waals surface area contributed by atoms with E-state index in [-0.39, 0.29) is 22.4 Å². The van der Waals surface area contributed by atoms with E-state index in [1.807, 2.05) is 6.92 Å². The fraction of sp³-hybridized carbons (Fsp3) is 0.350. The van der Waals surface area contributed by atoms with Gasteiger partial charge in [-0.2, -0.15) is 0 Å². The van der Waals surface area contributed by atoms with Crippen LogP contribution in [0.1, 0.15) is 25.8 Å². The van der Waals surface area contributed by atoms with E-state index in [2.05, 4.69) is 14.8 Å². The van der Waals surface area contributed by atoms with Crippen molar-refractivity contribution in [3.05, 3.63) is 48.0 Å². The number of aryl methyl sites for hydroxylation is 1. The molecular weight excluding hydrogens is 442 g/mol. The summed E-state index contributed by atoms with van der Waals surface area (Å²) in [5, 5.41) is 2.62. The van der Waals surface area contributed by atoms with Crippen molar-refractivity contribution in [3.63, 3.8) is 0 Å². The maximum atomic E-state index is 12.3. The van der Waals surface area contributed by atoms with E-state index in [0.29, 0.717) is 23.4 Å². The van der Waals surface area contributed by atoms with Crippen molar-refractivity contribution in [2.75, 3.05) is 19.0 Å². The van der Waals surface area contributed by atoms with E-state index < -0.39 is 26.0 Å². The molecular formula is C20H27N3O6S2. The van der Waals surface area contributed by atoms with Crippen LogP contribution in [0.2, 0.25) is 0 Å². The van der Waals surface area contributed by atoms with Crippen LogP contribution in [0.3, 0.4) is 0 Å². The molecule has 0 aliphatic heterocycles. The van der Waals surface area contributed by atoms with E-state index >= 15 is 0 Å². The third kappa shape index (κ3) is 6.76. The van der Waals surface area contributed by atoms with Gasteiger partial charge in [0.1, 0.15) is 5.75 Å². The van der Waals surface area contributed by atoms with Gasteiger partial charge in [0.05, 0.1) is 9.79 Å². The van der Waals surface area contributed by atoms with Crippen molar-refractivity contribution >= 4 is 31.6 Å². The highest BCUT2D eigenvalue weighted by molar-refractivity contribution is 7.89. The highest BCUT2D eigenvalue weighted by Crippen LogP contribution is 2.20. The normalized spacial score (nSPS) is 12.9. The molecule has 0 unspecified atom stereocenters. The monoisotopic (exact) mass is 469 g/mol. The molecule has 0 radical (unpaired) electrons. The Morgan fingerprint density at radius 1 is 1.00 bits per heavy atom. The van der Waals surface area contributed by atoms with Gasteiger partial charge in [-0.15, -0.1) is 0 Å². The summed E-state index contributed by atoms with van der Waals surface area (Å²) in [5.41, 5.74) is 1.04. The summed E-state index contributed by atoms with van der Waals surface area (Å²) in [6.45, 7) is 5.06. The van der Waals surface area contributed by atoms with Gasteiger partial charge < -0.3 is 10.1 Å². The first-order chi connectivity index (χ1) is 14.5. The van der Waals surface area contributed by atoms with Crippen LogP contribution in [0.15, 0.2) is 52.3 Å². The summed E-state index contributed by atoms with van der Waals surface area (Å²) in [6.07, 6.45) is 0.665. The van der Waals surface area contributed by atoms with Gasteiger partial charge >= 0.3 is 0 Å². The lowest BCUT2D eigenvalue weighted by molar-refractivity contribution is -0.118. The molecule has 0 aliphatic rings. The molecule has 31 heavy (non-hydrogen) atoms. The Morgan fingerprint density at radius 3 is 2.19 bits per heavy atom. The molecule has 3 N–H and O–H groups in total. The molecule has 2 aromatic carbocycles. The second-order valence-corrected chi connectivity index (χ2v) is 10.5. The van der Waals surface area contributed by atoms with Crippen LogP contribution in [-0.2, 0) is 24.8 Å². The summed E-state index contributed by atoms with van der Waals surface area (Å²) < 4.78 is 58.6. The molecule has 2 rings (SSSR count). The minimum absolute atomic E-state index is 0.0274. The van der Waals surface area contributed by atoms with Crippen LogP contribution in [0.5, 0.6) is 5.75 Å². The van der Waals surface area contributed by atoms with Crippen molar-refractivity contribution in [2.45, 2.75) is 43.0 Å². The van der Waals surface area contributed by atoms with Gasteiger partial charge in [-0.25, -0.2) is 26.3 Å². The van der Waals surface area contributed by atoms with E-state index in [0.717, 1.165) is 0 Å². The standard InChI is InChI=1S/C20H27N3O6S2/c1-5-15(3)23-31(27,28)17-10-7-16(8-11-17)29-13-20(24)22-19-12-18(9-6-14(19)2)30(25,26)21-4/h6-12,15,21,23H,5,13H2,1-4H3,(H,22,24)/t15-/m1/s1. The first kappa shape index (κ1) is 24.8. The molecule has 0 heterocycles. The number of carbonyl (C=O) groups excluding carboxylic acids is 1. The Labute approximate surface area is 183 Å². The average molecular weight is 470 g/mol. The van der Waals surface area contributed by atoms with Crippen LogP contribution < -0.4 is 19.5 Å². The predicted octanol–water partition coefficient (Wildman–Crippen LogP) is 2.00. The quantitative estimate of drug-likeness (QED) is 0.488. The zero-order valence-electron chi connectivity index (χ0n) is 17.8. The minimum atomic E-state index is -3.64. The summed E-state index contributed by atoms with van der Waals surface area (Å²) in [4.78, 5) is 12.4. The first-order valence-electron chi connectivity index (χ1n) is 9.57. The van der Waals surface area contributed by atoms with Gasteiger partial charge in [-0.1, -0.05) is 13.0 Å². The van der Waals surface area contributed by atoms with Crippen LogP contribution in [-0.4, -0.2) is 42.4 Å². The fourth-order valence-corrected chi connectivity index (χ4v) is 4.57. The summed E-state index contributed by atoms with van der Waals surface area (Å²) in [5.74, 6) is -0.168. The average Bonchev–Trinajstić information content (AvgIpc) is 2.73. The van der Waals surface area contributed by atoms with Crippen molar-refractivity contribution < 1.29 is 26.4 Å². The number of ether oxygens (including phenoxy) is 1. The Hall–Kier alpha value is -2.47. The molecule has 0 fully saturated rings. The topological polar surface area (TPSA) is 131 Å². The predicted molar refractivity (Wildman–Crippen MR) is 118 cm³/mol. The van der Waals surface area contributed by atoms with Gasteiger partial charge in [0, 0.05) is 11.7 Å². The molecule has 0 aliphatic carbocycles. The minimum Gasteiger partial charge on any atom is -0.484 e. The van der Waals surface area contributed by atoms with Gasteiger partial charge in [-0.3, -0.25) is 4.79 Å². The lowest BCUT2D eigenvalue weighted by atomic mass is 10.2. The van der Waals surface area contributed by atoms with E-state index in [9.17, 15) is 21.6 Å². The van der Waals surface area contributed by atoms with Crippen LogP contribution in [0.4, 0.5) is 5.69 Å². The molecule has 170 valence electrons. The SMILES string of the molecule is CC[C@@H](C)NS(=O)(=O)c1ccc(OCC(=O)Nc2cc(S(=O)(=O)NC)ccc2C)cc1. The molecule has 0 bridgehead atoms. The van der Waals surface area contributed by atoms with Crippen molar-refractivity contribution in [1.82, 2.24) is 9.44 Å². The maximum Gasteiger partial charge on any atom is 0.262 e. The largest absolute Gasteiger partial charge is 0.484 e. The molecule has 2 aromatic rings. The van der Waals surface area contributed by atoms with Crippen molar-refractivity contribution in [1.29, 1.82) is 0 Å². The third-order valence-electron chi connectivity index (χ3n) is 4.53. The summed E-state index contributed by atoms with van der Waals surface area (Å²) in [7, 11) is -5.96. The number of carbonyl (C=O) groups is 1. The number of nitrogens with one attached hydrogen (secondary N) is 3. The van der Waals surface area contributed by atoms with E-state index in [1.54, 1.807) is 19.9 Å².